The van der Waals surface area contributed by atoms with Crippen LogP contribution in [-0.2, 0) is 0 Å². The summed E-state index contributed by atoms with van der Waals surface area (Å²) >= 11 is -1.92. The van der Waals surface area contributed by atoms with E-state index in [1.165, 1.54) is 22.3 Å². The molecule has 0 fully saturated rings. The fourth-order valence-electron chi connectivity index (χ4n) is 2.29. The topological polar surface area (TPSA) is 0 Å². The molecule has 98 valence electrons. The van der Waals surface area contributed by atoms with E-state index in [9.17, 15) is 0 Å². The van der Waals surface area contributed by atoms with Gasteiger partial charge in [0.15, 0.2) is 0 Å². The molecule has 2 aromatic rings. The Morgan fingerprint density at radius 2 is 1.58 bits per heavy atom. The first-order valence-electron chi connectivity index (χ1n) is 6.76. The Balaban J connectivity index is 2.40. The molecule has 2 aromatic carbocycles. The van der Waals surface area contributed by atoms with Crippen molar-refractivity contribution >= 4 is 28.0 Å². The zero-order valence-corrected chi connectivity index (χ0v) is 15.2. The summed E-state index contributed by atoms with van der Waals surface area (Å²) < 4.78 is 1.58. The Bertz CT molecular complexity index is 586. The van der Waals surface area contributed by atoms with Crippen LogP contribution >= 0.6 is 0 Å². The van der Waals surface area contributed by atoms with Crippen LogP contribution < -0.4 is 3.58 Å². The summed E-state index contributed by atoms with van der Waals surface area (Å²) in [5.41, 5.74) is 5.13. The van der Waals surface area contributed by atoms with Gasteiger partial charge in [-0.3, -0.25) is 0 Å². The van der Waals surface area contributed by atoms with Gasteiger partial charge >= 0.3 is 121 Å². The fourth-order valence-corrected chi connectivity index (χ4v) is 5.62. The van der Waals surface area contributed by atoms with Gasteiger partial charge in [0.1, 0.15) is 0 Å². The van der Waals surface area contributed by atoms with Gasteiger partial charge in [-0.05, 0) is 0 Å². The predicted octanol–water partition coefficient (Wildman–Crippen LogP) is 4.85. The molecule has 0 amide bonds. The van der Waals surface area contributed by atoms with Gasteiger partial charge in [0.25, 0.3) is 0 Å². The quantitative estimate of drug-likeness (QED) is 0.689. The Labute approximate surface area is 121 Å². The zero-order valence-electron chi connectivity index (χ0n) is 12.3. The second-order valence-corrected chi connectivity index (χ2v) is 20.6. The van der Waals surface area contributed by atoms with E-state index < -0.39 is 18.4 Å². The molecule has 0 aromatic heterocycles. The van der Waals surface area contributed by atoms with E-state index >= 15 is 0 Å². The van der Waals surface area contributed by atoms with Gasteiger partial charge in [-0.25, -0.2) is 0 Å². The molecular weight excluding hydrogens is 335 g/mol. The average Bonchev–Trinajstić information content (AvgIpc) is 2.37. The molecule has 0 atom stereocenters. The van der Waals surface area contributed by atoms with Crippen molar-refractivity contribution < 1.29 is 0 Å². The molecule has 0 unspecified atom stereocenters. The van der Waals surface area contributed by atoms with Gasteiger partial charge in [0.2, 0.25) is 0 Å². The van der Waals surface area contributed by atoms with Crippen LogP contribution in [0.2, 0.25) is 14.8 Å². The van der Waals surface area contributed by atoms with Crippen molar-refractivity contribution in [2.24, 2.45) is 0 Å². The molecule has 0 saturated carbocycles. The third-order valence-corrected chi connectivity index (χ3v) is 9.44. The Hall–Kier alpha value is -1.02. The predicted molar refractivity (Wildman–Crippen MR) is 89.7 cm³/mol. The van der Waals surface area contributed by atoms with E-state index in [2.05, 4.69) is 70.8 Å². The molecule has 0 radical (unpaired) electrons. The van der Waals surface area contributed by atoms with Crippen LogP contribution in [0.5, 0.6) is 0 Å². The van der Waals surface area contributed by atoms with Crippen molar-refractivity contribution in [1.29, 1.82) is 0 Å². The first-order chi connectivity index (χ1) is 8.91. The molecule has 0 bridgehead atoms. The van der Waals surface area contributed by atoms with Crippen LogP contribution in [-0.4, -0.2) is 18.4 Å². The number of rotatable bonds is 3. The monoisotopic (exact) mass is 358 g/mol. The van der Waals surface area contributed by atoms with Crippen molar-refractivity contribution in [1.82, 2.24) is 0 Å². The van der Waals surface area contributed by atoms with Crippen LogP contribution in [0.1, 0.15) is 11.1 Å². The molecule has 2 rings (SSSR count). The molecule has 0 nitrogen and oxygen atoms in total. The fraction of sp³-hybridized carbons (Fsp3) is 0.222. The van der Waals surface area contributed by atoms with Crippen LogP contribution in [0.25, 0.3) is 17.2 Å². The van der Waals surface area contributed by atoms with E-state index in [4.69, 9.17) is 0 Å². The van der Waals surface area contributed by atoms with Crippen molar-refractivity contribution in [3.63, 3.8) is 0 Å². The molecule has 0 aliphatic carbocycles. The summed E-state index contributed by atoms with van der Waals surface area (Å²) in [6.07, 6.45) is 1.90. The molecule has 0 saturated heterocycles. The normalized spacial score (nSPS) is 11.4. The number of benzene rings is 2. The molecule has 0 N–H and O–H groups in total. The van der Waals surface area contributed by atoms with E-state index in [-0.39, 0.29) is 0 Å². The third kappa shape index (κ3) is 3.30. The van der Waals surface area contributed by atoms with E-state index in [1.54, 1.807) is 3.58 Å². The Kier molecular flexibility index (Phi) is 4.19. The SMILES string of the molecule is C=Cc1ccc(-c2cc[c]([Sn]([CH3])([CH3])[CH3])cc2)c(C)c1. The maximum atomic E-state index is 3.82. The number of hydrogen-bond acceptors (Lipinski definition) is 0. The first-order valence-corrected chi connectivity index (χ1v) is 16.7. The number of hydrogen-bond donors (Lipinski definition) is 0. The van der Waals surface area contributed by atoms with Crippen molar-refractivity contribution in [2.75, 3.05) is 0 Å². The van der Waals surface area contributed by atoms with Crippen LogP contribution in [0.4, 0.5) is 0 Å². The van der Waals surface area contributed by atoms with E-state index in [0.29, 0.717) is 0 Å². The van der Waals surface area contributed by atoms with Crippen LogP contribution in [0.3, 0.4) is 0 Å². The Morgan fingerprint density at radius 3 is 2.05 bits per heavy atom. The average molecular weight is 357 g/mol. The van der Waals surface area contributed by atoms with Crippen LogP contribution in [0.15, 0.2) is 49.0 Å². The minimum atomic E-state index is -1.92. The van der Waals surface area contributed by atoms with Gasteiger partial charge < -0.3 is 0 Å². The maximum absolute atomic E-state index is 3.82. The van der Waals surface area contributed by atoms with Crippen molar-refractivity contribution in [3.05, 3.63) is 60.2 Å². The molecule has 0 aliphatic heterocycles. The summed E-state index contributed by atoms with van der Waals surface area (Å²) in [5.74, 6) is 0. The first kappa shape index (κ1) is 14.4. The molecule has 0 heterocycles. The minimum absolute atomic E-state index is 1.18. The zero-order chi connectivity index (χ0) is 14.0. The molecule has 0 spiro atoms. The van der Waals surface area contributed by atoms with Gasteiger partial charge in [-0.15, -0.1) is 0 Å². The summed E-state index contributed by atoms with van der Waals surface area (Å²) in [4.78, 5) is 7.36. The second-order valence-electron chi connectivity index (χ2n) is 6.11. The second kappa shape index (κ2) is 5.54. The summed E-state index contributed by atoms with van der Waals surface area (Å²) in [6, 6.07) is 15.7. The molecular formula is C18H22Sn. The number of aryl methyl sites for hydroxylation is 1. The van der Waals surface area contributed by atoms with E-state index in [1.807, 2.05) is 6.08 Å². The van der Waals surface area contributed by atoms with Crippen LogP contribution in [0, 0.1) is 6.92 Å². The standard InChI is InChI=1S/C15H13.3CH3.Sn/c1-3-13-9-10-15(12(2)11-13)14-7-5-4-6-8-14;;;;/h3,5-11H,1H2,2H3;3*1H3;. The summed E-state index contributed by atoms with van der Waals surface area (Å²) in [6.45, 7) is 5.99. The summed E-state index contributed by atoms with van der Waals surface area (Å²) in [5, 5.41) is 0. The van der Waals surface area contributed by atoms with Gasteiger partial charge in [-0.1, -0.05) is 0 Å². The van der Waals surface area contributed by atoms with Gasteiger partial charge in [-0.2, -0.15) is 0 Å². The summed E-state index contributed by atoms with van der Waals surface area (Å²) in [7, 11) is 0. The van der Waals surface area contributed by atoms with Crippen molar-refractivity contribution in [2.45, 2.75) is 21.7 Å². The van der Waals surface area contributed by atoms with Gasteiger partial charge in [0.05, 0.1) is 0 Å². The molecule has 19 heavy (non-hydrogen) atoms. The molecule has 0 aliphatic rings. The third-order valence-electron chi connectivity index (χ3n) is 3.55. The van der Waals surface area contributed by atoms with Gasteiger partial charge in [0, 0.05) is 0 Å². The Morgan fingerprint density at radius 1 is 0.947 bits per heavy atom. The van der Waals surface area contributed by atoms with Crippen molar-refractivity contribution in [3.8, 4) is 11.1 Å². The molecule has 1 heteroatoms. The van der Waals surface area contributed by atoms with E-state index in [0.717, 1.165) is 0 Å².